The lowest BCUT2D eigenvalue weighted by molar-refractivity contribution is -0.142. The van der Waals surface area contributed by atoms with Crippen molar-refractivity contribution in [3.05, 3.63) is 30.2 Å². The predicted octanol–water partition coefficient (Wildman–Crippen LogP) is 0.326. The average Bonchev–Trinajstić information content (AvgIpc) is 2.75. The molecule has 2 aromatic rings. The molecule has 2 rings (SSSR count). The number of methoxy groups -OCH3 is 1. The lowest BCUT2D eigenvalue weighted by Crippen LogP contribution is -2.09. The van der Waals surface area contributed by atoms with E-state index < -0.39 is 12.1 Å². The Balaban J connectivity index is 2.22. The topological polar surface area (TPSA) is 76.7 Å². The Kier molecular flexibility index (Phi) is 2.82. The monoisotopic (exact) mass is 221 g/mol. The molecule has 2 heterocycles. The molecule has 0 fully saturated rings. The highest BCUT2D eigenvalue weighted by molar-refractivity contribution is 5.70. The van der Waals surface area contributed by atoms with E-state index in [1.165, 1.54) is 17.8 Å². The van der Waals surface area contributed by atoms with Crippen LogP contribution in [-0.4, -0.2) is 32.8 Å². The van der Waals surface area contributed by atoms with Gasteiger partial charge in [-0.05, 0) is 0 Å². The standard InChI is InChI=1S/C10H11N3O3/c1-16-10(15)4-8(14)7-5-11-9-2-3-12-13(9)6-7/h2-3,5-6,8,14H,4H2,1H3/t8-/m0/s1. The van der Waals surface area contributed by atoms with Gasteiger partial charge in [-0.25, -0.2) is 9.50 Å². The van der Waals surface area contributed by atoms with Crippen molar-refractivity contribution in [2.75, 3.05) is 7.11 Å². The van der Waals surface area contributed by atoms with E-state index in [1.807, 2.05) is 0 Å². The number of esters is 1. The first-order chi connectivity index (χ1) is 7.70. The van der Waals surface area contributed by atoms with Crippen LogP contribution in [0.2, 0.25) is 0 Å². The van der Waals surface area contributed by atoms with Crippen LogP contribution < -0.4 is 0 Å². The molecule has 0 aliphatic heterocycles. The van der Waals surface area contributed by atoms with Crippen LogP contribution in [0, 0.1) is 0 Å². The Bertz CT molecular complexity index is 509. The van der Waals surface area contributed by atoms with Gasteiger partial charge in [-0.1, -0.05) is 0 Å². The summed E-state index contributed by atoms with van der Waals surface area (Å²) < 4.78 is 6.01. The van der Waals surface area contributed by atoms with Crippen LogP contribution in [-0.2, 0) is 9.53 Å². The van der Waals surface area contributed by atoms with E-state index in [4.69, 9.17) is 0 Å². The number of carbonyl (C=O) groups excluding carboxylic acids is 1. The molecule has 1 atom stereocenters. The summed E-state index contributed by atoms with van der Waals surface area (Å²) in [5.74, 6) is -0.465. The molecule has 6 heteroatoms. The summed E-state index contributed by atoms with van der Waals surface area (Å²) in [4.78, 5) is 15.1. The lowest BCUT2D eigenvalue weighted by atomic mass is 10.1. The Labute approximate surface area is 91.5 Å². The van der Waals surface area contributed by atoms with E-state index in [0.29, 0.717) is 11.2 Å². The fourth-order valence-corrected chi connectivity index (χ4v) is 1.36. The Morgan fingerprint density at radius 1 is 1.69 bits per heavy atom. The number of carbonyl (C=O) groups is 1. The molecule has 2 aromatic heterocycles. The first-order valence-corrected chi connectivity index (χ1v) is 4.75. The van der Waals surface area contributed by atoms with Crippen LogP contribution in [0.5, 0.6) is 0 Å². The highest BCUT2D eigenvalue weighted by Crippen LogP contribution is 2.16. The zero-order valence-electron chi connectivity index (χ0n) is 8.70. The molecular weight excluding hydrogens is 210 g/mol. The largest absolute Gasteiger partial charge is 0.469 e. The fourth-order valence-electron chi connectivity index (χ4n) is 1.36. The number of nitrogens with zero attached hydrogens (tertiary/aromatic N) is 3. The number of aliphatic hydroxyl groups is 1. The van der Waals surface area contributed by atoms with E-state index in [-0.39, 0.29) is 6.42 Å². The molecule has 16 heavy (non-hydrogen) atoms. The molecule has 0 amide bonds. The molecule has 0 spiro atoms. The summed E-state index contributed by atoms with van der Waals surface area (Å²) >= 11 is 0. The van der Waals surface area contributed by atoms with Gasteiger partial charge in [-0.15, -0.1) is 0 Å². The first kappa shape index (κ1) is 10.6. The van der Waals surface area contributed by atoms with Crippen LogP contribution in [0.4, 0.5) is 0 Å². The second kappa shape index (κ2) is 4.28. The maximum Gasteiger partial charge on any atom is 0.308 e. The van der Waals surface area contributed by atoms with Crippen LogP contribution in [0.25, 0.3) is 5.65 Å². The first-order valence-electron chi connectivity index (χ1n) is 4.75. The zero-order chi connectivity index (χ0) is 11.5. The summed E-state index contributed by atoms with van der Waals surface area (Å²) in [6.45, 7) is 0. The number of ether oxygens (including phenoxy) is 1. The van der Waals surface area contributed by atoms with Crippen LogP contribution >= 0.6 is 0 Å². The Morgan fingerprint density at radius 3 is 3.25 bits per heavy atom. The third kappa shape index (κ3) is 2.01. The summed E-state index contributed by atoms with van der Waals surface area (Å²) in [7, 11) is 1.28. The van der Waals surface area contributed by atoms with Crippen molar-refractivity contribution in [3.63, 3.8) is 0 Å². The number of rotatable bonds is 3. The minimum absolute atomic E-state index is 0.0923. The van der Waals surface area contributed by atoms with E-state index in [0.717, 1.165) is 0 Å². The van der Waals surface area contributed by atoms with Gasteiger partial charge in [-0.3, -0.25) is 4.79 Å². The third-order valence-electron chi connectivity index (χ3n) is 2.24. The van der Waals surface area contributed by atoms with E-state index >= 15 is 0 Å². The van der Waals surface area contributed by atoms with E-state index in [1.54, 1.807) is 18.5 Å². The van der Waals surface area contributed by atoms with Crippen LogP contribution in [0.15, 0.2) is 24.7 Å². The molecule has 0 radical (unpaired) electrons. The lowest BCUT2D eigenvalue weighted by Gasteiger charge is -2.08. The highest BCUT2D eigenvalue weighted by atomic mass is 16.5. The molecule has 0 saturated heterocycles. The van der Waals surface area contributed by atoms with Crippen molar-refractivity contribution < 1.29 is 14.6 Å². The van der Waals surface area contributed by atoms with Crippen LogP contribution in [0.1, 0.15) is 18.1 Å². The minimum Gasteiger partial charge on any atom is -0.469 e. The summed E-state index contributed by atoms with van der Waals surface area (Å²) in [6.07, 6.45) is 3.75. The van der Waals surface area contributed by atoms with Gasteiger partial charge in [0.15, 0.2) is 5.65 Å². The van der Waals surface area contributed by atoms with Gasteiger partial charge in [-0.2, -0.15) is 5.10 Å². The van der Waals surface area contributed by atoms with Gasteiger partial charge in [0.1, 0.15) is 0 Å². The van der Waals surface area contributed by atoms with Crippen LogP contribution in [0.3, 0.4) is 0 Å². The van der Waals surface area contributed by atoms with Gasteiger partial charge >= 0.3 is 5.97 Å². The van der Waals surface area contributed by atoms with Crippen molar-refractivity contribution in [1.29, 1.82) is 0 Å². The Morgan fingerprint density at radius 2 is 2.50 bits per heavy atom. The molecule has 0 saturated carbocycles. The number of fused-ring (bicyclic) bond motifs is 1. The number of aromatic nitrogens is 3. The number of hydrogen-bond acceptors (Lipinski definition) is 5. The van der Waals surface area contributed by atoms with E-state index in [9.17, 15) is 9.90 Å². The molecule has 0 aliphatic rings. The molecule has 1 N–H and O–H groups in total. The summed E-state index contributed by atoms with van der Waals surface area (Å²) in [6, 6.07) is 1.75. The van der Waals surface area contributed by atoms with Gasteiger partial charge < -0.3 is 9.84 Å². The second-order valence-corrected chi connectivity index (χ2v) is 3.32. The quantitative estimate of drug-likeness (QED) is 0.755. The smallest absolute Gasteiger partial charge is 0.308 e. The third-order valence-corrected chi connectivity index (χ3v) is 2.24. The van der Waals surface area contributed by atoms with E-state index in [2.05, 4.69) is 14.8 Å². The highest BCUT2D eigenvalue weighted by Gasteiger charge is 2.14. The number of aliphatic hydroxyl groups excluding tert-OH is 1. The maximum atomic E-state index is 11.0. The minimum atomic E-state index is -0.923. The van der Waals surface area contributed by atoms with Crippen molar-refractivity contribution >= 4 is 11.6 Å². The van der Waals surface area contributed by atoms with Gasteiger partial charge in [0, 0.05) is 24.0 Å². The molecule has 84 valence electrons. The summed E-state index contributed by atoms with van der Waals surface area (Å²) in [5, 5.41) is 13.7. The van der Waals surface area contributed by atoms with Crippen molar-refractivity contribution in [3.8, 4) is 0 Å². The molecule has 0 unspecified atom stereocenters. The van der Waals surface area contributed by atoms with Gasteiger partial charge in [0.2, 0.25) is 0 Å². The van der Waals surface area contributed by atoms with Gasteiger partial charge in [0.25, 0.3) is 0 Å². The SMILES string of the molecule is COC(=O)C[C@H](O)c1cnc2ccnn2c1. The molecular formula is C10H11N3O3. The molecule has 0 bridgehead atoms. The molecule has 0 aliphatic carbocycles. The number of hydrogen-bond donors (Lipinski definition) is 1. The normalized spacial score (nSPS) is 12.6. The fraction of sp³-hybridized carbons (Fsp3) is 0.300. The van der Waals surface area contributed by atoms with Crippen molar-refractivity contribution in [2.24, 2.45) is 0 Å². The average molecular weight is 221 g/mol. The predicted molar refractivity (Wildman–Crippen MR) is 54.6 cm³/mol. The second-order valence-electron chi connectivity index (χ2n) is 3.32. The maximum absolute atomic E-state index is 11.0. The van der Waals surface area contributed by atoms with Crippen molar-refractivity contribution in [1.82, 2.24) is 14.6 Å². The van der Waals surface area contributed by atoms with Gasteiger partial charge in [0.05, 0.1) is 25.8 Å². The van der Waals surface area contributed by atoms with Crippen molar-refractivity contribution in [2.45, 2.75) is 12.5 Å². The molecule has 6 nitrogen and oxygen atoms in total. The molecule has 0 aromatic carbocycles. The Hall–Kier alpha value is -1.95. The zero-order valence-corrected chi connectivity index (χ0v) is 8.70. The summed E-state index contributed by atoms with van der Waals surface area (Å²) in [5.41, 5.74) is 1.22.